The second-order valence-electron chi connectivity index (χ2n) is 27.0. The molecule has 27 nitrogen and oxygen atoms in total. The minimum Gasteiger partial charge on any atom is -0.507 e. The molecule has 8 heterocycles. The van der Waals surface area contributed by atoms with E-state index >= 15 is 0 Å². The molecule has 1 aliphatic carbocycles. The number of aromatic hydroxyl groups is 1. The Labute approximate surface area is 712 Å². The van der Waals surface area contributed by atoms with Crippen molar-refractivity contribution in [1.82, 2.24) is 51.8 Å². The van der Waals surface area contributed by atoms with E-state index in [2.05, 4.69) is 68.1 Å². The Morgan fingerprint density at radius 2 is 1.03 bits per heavy atom. The van der Waals surface area contributed by atoms with E-state index < -0.39 is 0 Å². The zero-order valence-electron chi connectivity index (χ0n) is 64.7. The molecule has 13 aromatic rings. The Kier molecular flexibility index (Phi) is 34.1. The van der Waals surface area contributed by atoms with Crippen molar-refractivity contribution in [1.29, 1.82) is 0 Å². The van der Waals surface area contributed by atoms with Gasteiger partial charge in [0, 0.05) is 149 Å². The summed E-state index contributed by atoms with van der Waals surface area (Å²) in [5.41, 5.74) is 10.0. The number of carbonyl (C=O) groups excluding carboxylic acids is 5. The molecule has 1 saturated carbocycles. The van der Waals surface area contributed by atoms with Crippen LogP contribution in [0.3, 0.4) is 0 Å². The van der Waals surface area contributed by atoms with Gasteiger partial charge in [-0.15, -0.1) is 0 Å². The van der Waals surface area contributed by atoms with Gasteiger partial charge in [0.05, 0.1) is 12.2 Å². The van der Waals surface area contributed by atoms with Gasteiger partial charge in [-0.05, 0) is 162 Å². The van der Waals surface area contributed by atoms with Crippen molar-refractivity contribution >= 4 is 91.6 Å². The number of fused-ring (bicyclic) bond motifs is 1. The third-order valence-electron chi connectivity index (χ3n) is 18.0. The van der Waals surface area contributed by atoms with Gasteiger partial charge in [-0.2, -0.15) is 0 Å². The quantitative estimate of drug-likeness (QED) is 0.0469. The summed E-state index contributed by atoms with van der Waals surface area (Å²) in [7, 11) is 5.50. The molecule has 7 aromatic carbocycles. The number of likely N-dealkylation sites (tertiary alicyclic amines) is 1. The van der Waals surface area contributed by atoms with E-state index in [0.29, 0.717) is 103 Å². The average molecular weight is 1740 g/mol. The average Bonchev–Trinajstić information content (AvgIpc) is 1.67. The van der Waals surface area contributed by atoms with Crippen LogP contribution in [-0.4, -0.2) is 137 Å². The number of aryl methyl sites for hydroxylation is 2. The fourth-order valence-corrected chi connectivity index (χ4v) is 12.5. The number of hydrogen-bond donors (Lipinski definition) is 5. The summed E-state index contributed by atoms with van der Waals surface area (Å²) in [6.07, 6.45) is 8.66. The first-order valence-corrected chi connectivity index (χ1v) is 39.3. The summed E-state index contributed by atoms with van der Waals surface area (Å²) >= 11 is 21.1. The van der Waals surface area contributed by atoms with E-state index in [1.54, 1.807) is 99.0 Å². The monoisotopic (exact) mass is 1740 g/mol. The zero-order valence-corrected chi connectivity index (χ0v) is 68.6. The third-order valence-corrected chi connectivity index (χ3v) is 19.3. The minimum atomic E-state index is -0.303. The zero-order chi connectivity index (χ0) is 82.7. The molecular formula is C88H92BrCl3N12O15. The standard InChI is InChI=1S/C16H12ClNO2.2C15H15ClN2O2.C14H14N2O5.C13H13BrN2O2.C13H15N3O2.2CH4/c1-10-2-4-11(5-3-10)14-9-16(20-18-14)13-8-12(17)6-7-15(13)19;16-11-5-3-4-10(8-11)14-9-13(18-20-14)15(19)17-12-6-1-2-7-12;16-12-6-4-11(5-7-12)14-10-13(17-20-14)15(19)18-8-2-1-3-9-18;1-18-5-4-15-14(17)10-7-12(21-16-10)9-2-3-11-13(6-9)20-8-19-11;1-2-7-15-13(17)11-8-12(18-16-11)9-3-5-10(14)6-4-9;1-9-8-12(15-18-9)13(17)14-10-4-6-11(7-5-10)16(2)3;;/h2-9,19H,1H3;3-5,8-9,12H,1-2,6-7H2,(H,17,19);4-7,10H,1-3,8-9H2;2-3,6-7H,4-5,8H2,1H3,(H,15,17);3-6,8H,2,7H2,1H3,(H,15,17);4-8H,1-3H3,(H,14,17);2*1H4. The normalized spacial score (nSPS) is 12.3. The highest BCUT2D eigenvalue weighted by molar-refractivity contribution is 9.10. The van der Waals surface area contributed by atoms with Gasteiger partial charge >= 0.3 is 0 Å². The summed E-state index contributed by atoms with van der Waals surface area (Å²) in [5.74, 6) is 3.76. The van der Waals surface area contributed by atoms with Crippen LogP contribution in [0.4, 0.5) is 11.4 Å². The number of aromatic nitrogens is 6. The highest BCUT2D eigenvalue weighted by Gasteiger charge is 2.25. The lowest BCUT2D eigenvalue weighted by molar-refractivity contribution is 0.0713. The van der Waals surface area contributed by atoms with Gasteiger partial charge in [0.15, 0.2) is 68.8 Å². The predicted molar refractivity (Wildman–Crippen MR) is 460 cm³/mol. The van der Waals surface area contributed by atoms with Crippen molar-refractivity contribution in [3.05, 3.63) is 253 Å². The van der Waals surface area contributed by atoms with Crippen molar-refractivity contribution in [2.45, 2.75) is 93.0 Å². The first-order chi connectivity index (χ1) is 56.6. The number of nitrogens with zero attached hydrogens (tertiary/aromatic N) is 8. The second kappa shape index (κ2) is 44.8. The molecule has 16 rings (SSSR count). The van der Waals surface area contributed by atoms with Crippen LogP contribution in [0.2, 0.25) is 15.1 Å². The molecule has 0 atom stereocenters. The molecule has 2 aliphatic heterocycles. The number of ether oxygens (including phenoxy) is 3. The Bertz CT molecular complexity index is 5420. The topological polar surface area (TPSA) is 344 Å². The molecule has 0 spiro atoms. The highest BCUT2D eigenvalue weighted by atomic mass is 79.9. The number of nitrogens with one attached hydrogen (secondary N) is 4. The van der Waals surface area contributed by atoms with Gasteiger partial charge < -0.3 is 77.5 Å². The second-order valence-corrected chi connectivity index (χ2v) is 29.3. The number of phenolic OH excluding ortho intramolecular Hbond substituents is 1. The fourth-order valence-electron chi connectivity index (χ4n) is 11.7. The van der Waals surface area contributed by atoms with Crippen LogP contribution in [0.25, 0.3) is 67.9 Å². The van der Waals surface area contributed by atoms with Gasteiger partial charge in [0.25, 0.3) is 29.5 Å². The predicted octanol–water partition coefficient (Wildman–Crippen LogP) is 20.2. The van der Waals surface area contributed by atoms with E-state index in [-0.39, 0.29) is 74.4 Å². The Balaban J connectivity index is 0.000000162. The SMILES string of the molecule is C.C.CCCNC(=O)c1cc(-c2ccc(Br)cc2)on1.COCCNC(=O)c1cc(-c2ccc3c(c2)OCO3)on1.Cc1cc(C(=O)Nc2ccc(N(C)C)cc2)no1.Cc1ccc(-c2cc(-c3cc(Cl)ccc3O)on2)cc1.O=C(NC1CCCC1)c1cc(-c2cccc(Cl)c2)on1.O=C(c1cc(-c2ccc(Cl)cc2)on1)N1CCCCC1. The molecule has 0 unspecified atom stereocenters. The molecule has 31 heteroatoms. The Morgan fingerprint density at radius 3 is 1.63 bits per heavy atom. The number of methoxy groups -OCH3 is 1. The smallest absolute Gasteiger partial charge is 0.277 e. The molecule has 5 amide bonds. The summed E-state index contributed by atoms with van der Waals surface area (Å²) in [5, 5.41) is 45.8. The first-order valence-electron chi connectivity index (χ1n) is 37.4. The van der Waals surface area contributed by atoms with E-state index in [1.807, 2.05) is 141 Å². The van der Waals surface area contributed by atoms with Gasteiger partial charge in [-0.3, -0.25) is 24.0 Å². The van der Waals surface area contributed by atoms with Gasteiger partial charge in [0.2, 0.25) is 6.79 Å². The van der Waals surface area contributed by atoms with E-state index in [4.69, 9.17) is 76.2 Å². The molecule has 1 saturated heterocycles. The molecule has 3 aliphatic rings. The first kappa shape index (κ1) is 90.6. The fraction of sp³-hybridized carbons (Fsp3) is 0.261. The van der Waals surface area contributed by atoms with Crippen LogP contribution < -0.4 is 35.6 Å². The maximum Gasteiger partial charge on any atom is 0.277 e. The lowest BCUT2D eigenvalue weighted by atomic mass is 10.1. The largest absolute Gasteiger partial charge is 0.507 e. The molecule has 622 valence electrons. The lowest BCUT2D eigenvalue weighted by Crippen LogP contribution is -2.35. The van der Waals surface area contributed by atoms with Crippen molar-refractivity contribution in [3.63, 3.8) is 0 Å². The summed E-state index contributed by atoms with van der Waals surface area (Å²) in [4.78, 5) is 63.4. The number of halogens is 4. The minimum absolute atomic E-state index is 0. The molecular weight excluding hydrogens is 1650 g/mol. The van der Waals surface area contributed by atoms with Crippen molar-refractivity contribution in [3.8, 4) is 85.1 Å². The van der Waals surface area contributed by atoms with E-state index in [9.17, 15) is 29.1 Å². The van der Waals surface area contributed by atoms with Crippen LogP contribution >= 0.6 is 50.7 Å². The van der Waals surface area contributed by atoms with Crippen molar-refractivity contribution in [2.24, 2.45) is 0 Å². The molecule has 0 bridgehead atoms. The molecule has 2 fully saturated rings. The maximum atomic E-state index is 12.3. The van der Waals surface area contributed by atoms with Crippen LogP contribution in [0, 0.1) is 13.8 Å². The molecule has 0 radical (unpaired) electrons. The van der Waals surface area contributed by atoms with Crippen LogP contribution in [0.15, 0.2) is 226 Å². The summed E-state index contributed by atoms with van der Waals surface area (Å²) in [6, 6.07) is 58.1. The summed E-state index contributed by atoms with van der Waals surface area (Å²) < 4.78 is 47.4. The number of piperidine rings is 1. The lowest BCUT2D eigenvalue weighted by Gasteiger charge is -2.25. The Hall–Kier alpha value is -12.3. The number of phenols is 1. The highest BCUT2D eigenvalue weighted by Crippen LogP contribution is 2.38. The van der Waals surface area contributed by atoms with E-state index in [1.165, 1.54) is 30.9 Å². The molecule has 5 N–H and O–H groups in total. The van der Waals surface area contributed by atoms with Gasteiger partial charge in [-0.1, -0.05) is 170 Å². The number of carbonyl (C=O) groups is 5. The van der Waals surface area contributed by atoms with Crippen LogP contribution in [0.5, 0.6) is 17.2 Å². The van der Waals surface area contributed by atoms with Crippen molar-refractivity contribution < 1.29 is 70.4 Å². The van der Waals surface area contributed by atoms with Crippen LogP contribution in [-0.2, 0) is 4.74 Å². The summed E-state index contributed by atoms with van der Waals surface area (Å²) in [6.45, 7) is 9.10. The molecule has 119 heavy (non-hydrogen) atoms. The van der Waals surface area contributed by atoms with E-state index in [0.717, 1.165) is 94.6 Å². The number of amides is 5. The molecule has 6 aromatic heterocycles. The number of anilines is 2. The number of benzene rings is 7. The maximum absolute atomic E-state index is 12.3. The van der Waals surface area contributed by atoms with Gasteiger partial charge in [-0.25, -0.2) is 0 Å². The Morgan fingerprint density at radius 1 is 0.513 bits per heavy atom. The van der Waals surface area contributed by atoms with Crippen LogP contribution in [0.1, 0.15) is 137 Å². The number of rotatable bonds is 19. The number of hydrogen-bond acceptors (Lipinski definition) is 22. The van der Waals surface area contributed by atoms with Crippen molar-refractivity contribution in [2.75, 3.05) is 71.0 Å². The third kappa shape index (κ3) is 26.3. The van der Waals surface area contributed by atoms with Gasteiger partial charge in [0.1, 0.15) is 17.2 Å².